The van der Waals surface area contributed by atoms with Gasteiger partial charge in [-0.1, -0.05) is 47.5 Å². The minimum atomic E-state index is -0.563. The number of benzene rings is 3. The van der Waals surface area contributed by atoms with Gasteiger partial charge in [0, 0.05) is 36.2 Å². The lowest BCUT2D eigenvalue weighted by Crippen LogP contribution is -2.53. The standard InChI is InChI=1S/C27H23Cl2F2N3O2/c28-19-13-20(29)15-23(14-19)34-25(35)16-24(27(34)36)32-9-11-33(12-10-32)26(17-1-5-21(30)6-2-17)18-3-7-22(31)8-4-18/h1-8,13-15,24,26H,9-12,16H2/t24-/m0/s1. The van der Waals surface area contributed by atoms with Crippen molar-refractivity contribution in [3.8, 4) is 0 Å². The quantitative estimate of drug-likeness (QED) is 0.420. The fourth-order valence-corrected chi connectivity index (χ4v) is 5.57. The van der Waals surface area contributed by atoms with E-state index in [1.54, 1.807) is 42.5 Å². The van der Waals surface area contributed by atoms with Crippen LogP contribution < -0.4 is 4.90 Å². The minimum absolute atomic E-state index is 0.0856. The highest BCUT2D eigenvalue weighted by Gasteiger charge is 2.44. The van der Waals surface area contributed by atoms with Crippen molar-refractivity contribution < 1.29 is 18.4 Å². The number of piperazine rings is 1. The monoisotopic (exact) mass is 529 g/mol. The van der Waals surface area contributed by atoms with E-state index in [2.05, 4.69) is 4.90 Å². The summed E-state index contributed by atoms with van der Waals surface area (Å²) in [6.07, 6.45) is 0.0856. The van der Waals surface area contributed by atoms with Crippen molar-refractivity contribution in [2.75, 3.05) is 31.1 Å². The molecule has 2 saturated heterocycles. The van der Waals surface area contributed by atoms with Crippen LogP contribution in [0.3, 0.4) is 0 Å². The van der Waals surface area contributed by atoms with Gasteiger partial charge in [-0.05, 0) is 53.6 Å². The first-order valence-electron chi connectivity index (χ1n) is 11.6. The second-order valence-electron chi connectivity index (χ2n) is 8.99. The van der Waals surface area contributed by atoms with Crippen LogP contribution in [0.15, 0.2) is 66.7 Å². The summed E-state index contributed by atoms with van der Waals surface area (Å²) in [5.41, 5.74) is 2.16. The average molecular weight is 530 g/mol. The Hall–Kier alpha value is -2.84. The molecule has 0 spiro atoms. The Morgan fingerprint density at radius 2 is 1.25 bits per heavy atom. The van der Waals surface area contributed by atoms with E-state index >= 15 is 0 Å². The molecular formula is C27H23Cl2F2N3O2. The number of hydrogen-bond acceptors (Lipinski definition) is 4. The smallest absolute Gasteiger partial charge is 0.251 e. The predicted octanol–water partition coefficient (Wildman–Crippen LogP) is 5.31. The lowest BCUT2D eigenvalue weighted by atomic mass is 9.96. The first-order chi connectivity index (χ1) is 17.3. The molecule has 186 valence electrons. The van der Waals surface area contributed by atoms with Crippen molar-refractivity contribution in [2.24, 2.45) is 0 Å². The molecule has 5 nitrogen and oxygen atoms in total. The van der Waals surface area contributed by atoms with Crippen LogP contribution in [0, 0.1) is 11.6 Å². The molecule has 0 bridgehead atoms. The van der Waals surface area contributed by atoms with E-state index in [1.165, 1.54) is 24.3 Å². The van der Waals surface area contributed by atoms with Gasteiger partial charge in [0.2, 0.25) is 5.91 Å². The normalized spacial score (nSPS) is 19.5. The van der Waals surface area contributed by atoms with Crippen LogP contribution >= 0.6 is 23.2 Å². The summed E-state index contributed by atoms with van der Waals surface area (Å²) in [6.45, 7) is 2.35. The van der Waals surface area contributed by atoms with Gasteiger partial charge in [0.05, 0.1) is 24.2 Å². The molecule has 2 heterocycles. The lowest BCUT2D eigenvalue weighted by Gasteiger charge is -2.41. The second kappa shape index (κ2) is 10.3. The zero-order valence-electron chi connectivity index (χ0n) is 19.2. The molecule has 2 fully saturated rings. The Bertz CT molecular complexity index is 1210. The van der Waals surface area contributed by atoms with Gasteiger partial charge in [0.25, 0.3) is 5.91 Å². The van der Waals surface area contributed by atoms with Crippen molar-refractivity contribution in [2.45, 2.75) is 18.5 Å². The van der Waals surface area contributed by atoms with Crippen LogP contribution in [0.5, 0.6) is 0 Å². The lowest BCUT2D eigenvalue weighted by molar-refractivity contribution is -0.123. The van der Waals surface area contributed by atoms with Gasteiger partial charge >= 0.3 is 0 Å². The number of nitrogens with zero attached hydrogens (tertiary/aromatic N) is 3. The number of carbonyl (C=O) groups is 2. The molecule has 2 aliphatic rings. The summed E-state index contributed by atoms with van der Waals surface area (Å²) >= 11 is 12.2. The molecule has 3 aromatic carbocycles. The topological polar surface area (TPSA) is 43.9 Å². The van der Waals surface area contributed by atoms with Gasteiger partial charge in [0.1, 0.15) is 11.6 Å². The number of hydrogen-bond donors (Lipinski definition) is 0. The summed E-state index contributed by atoms with van der Waals surface area (Å²) in [5, 5.41) is 0.700. The van der Waals surface area contributed by atoms with Crippen LogP contribution in [0.1, 0.15) is 23.6 Å². The summed E-state index contributed by atoms with van der Waals surface area (Å²) < 4.78 is 27.2. The highest BCUT2D eigenvalue weighted by molar-refractivity contribution is 6.35. The van der Waals surface area contributed by atoms with Crippen LogP contribution in [-0.2, 0) is 9.59 Å². The second-order valence-corrected chi connectivity index (χ2v) is 9.87. The van der Waals surface area contributed by atoms with E-state index in [1.807, 2.05) is 4.90 Å². The summed E-state index contributed by atoms with van der Waals surface area (Å²) in [6, 6.07) is 16.5. The SMILES string of the molecule is O=C1C[C@H](N2CCN(C(c3ccc(F)cc3)c3ccc(F)cc3)CC2)C(=O)N1c1cc(Cl)cc(Cl)c1. The predicted molar refractivity (Wildman–Crippen MR) is 135 cm³/mol. The third-order valence-electron chi connectivity index (χ3n) is 6.75. The molecule has 2 amide bonds. The van der Waals surface area contributed by atoms with E-state index in [9.17, 15) is 18.4 Å². The van der Waals surface area contributed by atoms with Crippen LogP contribution in [0.2, 0.25) is 10.0 Å². The Labute approximate surface area is 217 Å². The largest absolute Gasteiger partial charge is 0.290 e. The maximum atomic E-state index is 13.6. The average Bonchev–Trinajstić information content (AvgIpc) is 3.15. The van der Waals surface area contributed by atoms with Gasteiger partial charge in [-0.15, -0.1) is 0 Å². The van der Waals surface area contributed by atoms with Gasteiger partial charge in [-0.25, -0.2) is 13.7 Å². The van der Waals surface area contributed by atoms with Crippen molar-refractivity contribution in [1.82, 2.24) is 9.80 Å². The molecule has 5 rings (SSSR count). The molecule has 2 aliphatic heterocycles. The molecule has 0 aliphatic carbocycles. The van der Waals surface area contributed by atoms with Crippen LogP contribution in [0.4, 0.5) is 14.5 Å². The van der Waals surface area contributed by atoms with Crippen molar-refractivity contribution in [3.63, 3.8) is 0 Å². The number of halogens is 4. The molecule has 0 saturated carbocycles. The van der Waals surface area contributed by atoms with Gasteiger partial charge in [0.15, 0.2) is 0 Å². The van der Waals surface area contributed by atoms with E-state index < -0.39 is 6.04 Å². The molecule has 9 heteroatoms. The van der Waals surface area contributed by atoms with Crippen molar-refractivity contribution >= 4 is 40.7 Å². The van der Waals surface area contributed by atoms with Crippen LogP contribution in [0.25, 0.3) is 0 Å². The van der Waals surface area contributed by atoms with Crippen molar-refractivity contribution in [3.05, 3.63) is 99.5 Å². The van der Waals surface area contributed by atoms with Crippen molar-refractivity contribution in [1.29, 1.82) is 0 Å². The maximum absolute atomic E-state index is 13.6. The number of amides is 2. The zero-order chi connectivity index (χ0) is 25.4. The Balaban J connectivity index is 1.33. The van der Waals surface area contributed by atoms with E-state index in [4.69, 9.17) is 23.2 Å². The molecule has 0 radical (unpaired) electrons. The molecular weight excluding hydrogens is 507 g/mol. The molecule has 1 atom stereocenters. The molecule has 0 unspecified atom stereocenters. The van der Waals surface area contributed by atoms with E-state index in [0.29, 0.717) is 41.9 Å². The minimum Gasteiger partial charge on any atom is -0.290 e. The third-order valence-corrected chi connectivity index (χ3v) is 7.19. The zero-order valence-corrected chi connectivity index (χ0v) is 20.7. The molecule has 3 aromatic rings. The first-order valence-corrected chi connectivity index (χ1v) is 12.4. The Morgan fingerprint density at radius 3 is 1.75 bits per heavy atom. The van der Waals surface area contributed by atoms with Gasteiger partial charge in [-0.2, -0.15) is 0 Å². The van der Waals surface area contributed by atoms with Gasteiger partial charge in [-0.3, -0.25) is 19.4 Å². The van der Waals surface area contributed by atoms with Gasteiger partial charge < -0.3 is 0 Å². The first kappa shape index (κ1) is 24.8. The molecule has 36 heavy (non-hydrogen) atoms. The molecule has 0 aromatic heterocycles. The number of imide groups is 1. The maximum Gasteiger partial charge on any atom is 0.251 e. The Morgan fingerprint density at radius 1 is 0.750 bits per heavy atom. The highest BCUT2D eigenvalue weighted by Crippen LogP contribution is 2.33. The fraction of sp³-hybridized carbons (Fsp3) is 0.259. The fourth-order valence-electron chi connectivity index (χ4n) is 5.05. The third kappa shape index (κ3) is 5.02. The summed E-state index contributed by atoms with van der Waals surface area (Å²) in [4.78, 5) is 31.4. The van der Waals surface area contributed by atoms with Crippen LogP contribution in [-0.4, -0.2) is 53.8 Å². The van der Waals surface area contributed by atoms with E-state index in [0.717, 1.165) is 16.0 Å². The highest BCUT2D eigenvalue weighted by atomic mass is 35.5. The Kier molecular flexibility index (Phi) is 7.08. The van der Waals surface area contributed by atoms with E-state index in [-0.39, 0.29) is 35.9 Å². The number of carbonyl (C=O) groups excluding carboxylic acids is 2. The summed E-state index contributed by atoms with van der Waals surface area (Å²) in [5.74, 6) is -1.23. The summed E-state index contributed by atoms with van der Waals surface area (Å²) in [7, 11) is 0. The molecule has 0 N–H and O–H groups in total. The number of rotatable bonds is 5. The number of anilines is 1.